The Hall–Kier alpha value is -0.430. The third-order valence-electron chi connectivity index (χ3n) is 2.50. The van der Waals surface area contributed by atoms with Crippen molar-refractivity contribution in [2.24, 2.45) is 5.73 Å². The molecule has 0 amide bonds. The number of halogens is 1. The quantitative estimate of drug-likeness (QED) is 0.661. The molecule has 0 aromatic carbocycles. The maximum absolute atomic E-state index is 6.22. The van der Waals surface area contributed by atoms with Gasteiger partial charge in [-0.25, -0.2) is 9.97 Å². The van der Waals surface area contributed by atoms with Gasteiger partial charge in [0.25, 0.3) is 0 Å². The van der Waals surface area contributed by atoms with Crippen molar-refractivity contribution in [2.45, 2.75) is 29.8 Å². The highest BCUT2D eigenvalue weighted by atomic mass is 79.9. The molecule has 2 rings (SSSR count). The first kappa shape index (κ1) is 14.0. The fraction of sp³-hybridized carbons (Fsp3) is 0.333. The lowest BCUT2D eigenvalue weighted by molar-refractivity contribution is 0.638. The van der Waals surface area contributed by atoms with E-state index in [0.717, 1.165) is 16.0 Å². The van der Waals surface area contributed by atoms with Gasteiger partial charge >= 0.3 is 0 Å². The van der Waals surface area contributed by atoms with Crippen LogP contribution >= 0.6 is 39.0 Å². The van der Waals surface area contributed by atoms with Crippen molar-refractivity contribution >= 4 is 39.0 Å². The highest BCUT2D eigenvalue weighted by molar-refractivity contribution is 9.10. The van der Waals surface area contributed by atoms with Crippen molar-refractivity contribution in [3.63, 3.8) is 0 Å². The molecule has 2 unspecified atom stereocenters. The predicted molar refractivity (Wildman–Crippen MR) is 80.9 cm³/mol. The third kappa shape index (κ3) is 3.54. The lowest BCUT2D eigenvalue weighted by Crippen LogP contribution is -2.25. The molecular formula is C12H14BrN3S2. The maximum Gasteiger partial charge on any atom is 0.188 e. The van der Waals surface area contributed by atoms with E-state index in [1.807, 2.05) is 6.07 Å². The lowest BCUT2D eigenvalue weighted by atomic mass is 10.1. The van der Waals surface area contributed by atoms with Gasteiger partial charge < -0.3 is 5.73 Å². The zero-order chi connectivity index (χ0) is 13.0. The Morgan fingerprint density at radius 2 is 2.17 bits per heavy atom. The van der Waals surface area contributed by atoms with Crippen molar-refractivity contribution in [1.29, 1.82) is 0 Å². The fourth-order valence-corrected chi connectivity index (χ4v) is 4.34. The highest BCUT2D eigenvalue weighted by Gasteiger charge is 2.22. The second-order valence-electron chi connectivity index (χ2n) is 3.81. The topological polar surface area (TPSA) is 51.8 Å². The van der Waals surface area contributed by atoms with Crippen molar-refractivity contribution < 1.29 is 0 Å². The van der Waals surface area contributed by atoms with Gasteiger partial charge in [0.15, 0.2) is 5.16 Å². The van der Waals surface area contributed by atoms with E-state index in [9.17, 15) is 0 Å². The summed E-state index contributed by atoms with van der Waals surface area (Å²) >= 11 is 6.83. The minimum absolute atomic E-state index is 0.101. The Bertz CT molecular complexity index is 489. The Balaban J connectivity index is 2.21. The summed E-state index contributed by atoms with van der Waals surface area (Å²) in [5.41, 5.74) is 6.22. The molecule has 0 fully saturated rings. The number of hydrogen-bond donors (Lipinski definition) is 1. The molecule has 96 valence electrons. The Morgan fingerprint density at radius 3 is 2.72 bits per heavy atom. The number of aromatic nitrogens is 2. The second kappa shape index (κ2) is 6.65. The van der Waals surface area contributed by atoms with Gasteiger partial charge in [-0.15, -0.1) is 11.3 Å². The van der Waals surface area contributed by atoms with E-state index >= 15 is 0 Å². The first-order valence-corrected chi connectivity index (χ1v) is 8.19. The summed E-state index contributed by atoms with van der Waals surface area (Å²) in [6.45, 7) is 2.10. The zero-order valence-corrected chi connectivity index (χ0v) is 13.1. The lowest BCUT2D eigenvalue weighted by Gasteiger charge is -2.20. The highest BCUT2D eigenvalue weighted by Crippen LogP contribution is 2.40. The van der Waals surface area contributed by atoms with Crippen LogP contribution in [-0.4, -0.2) is 16.0 Å². The van der Waals surface area contributed by atoms with Gasteiger partial charge in [-0.1, -0.05) is 18.7 Å². The molecule has 2 N–H and O–H groups in total. The predicted octanol–water partition coefficient (Wildman–Crippen LogP) is 3.87. The molecule has 0 radical (unpaired) electrons. The number of hydrogen-bond acceptors (Lipinski definition) is 5. The van der Waals surface area contributed by atoms with Crippen LogP contribution in [0.25, 0.3) is 0 Å². The standard InChI is InChI=1S/C12H14BrN3S2/c1-2-9(14)11(10-6-8(13)7-17-10)18-12-15-4-3-5-16-12/h3-7,9,11H,2,14H2,1H3. The molecule has 0 saturated heterocycles. The largest absolute Gasteiger partial charge is 0.326 e. The van der Waals surface area contributed by atoms with E-state index in [4.69, 9.17) is 5.73 Å². The number of thiophene rings is 1. The van der Waals surface area contributed by atoms with E-state index in [1.165, 1.54) is 4.88 Å². The summed E-state index contributed by atoms with van der Waals surface area (Å²) in [6, 6.07) is 4.05. The molecule has 0 spiro atoms. The minimum Gasteiger partial charge on any atom is -0.326 e. The zero-order valence-electron chi connectivity index (χ0n) is 9.91. The molecule has 18 heavy (non-hydrogen) atoms. The Labute approximate surface area is 123 Å². The van der Waals surface area contributed by atoms with Gasteiger partial charge in [0.05, 0.1) is 5.25 Å². The molecule has 0 aliphatic heterocycles. The molecule has 0 aliphatic rings. The molecule has 0 saturated carbocycles. The monoisotopic (exact) mass is 343 g/mol. The molecular weight excluding hydrogens is 330 g/mol. The molecule has 2 aromatic heterocycles. The number of thioether (sulfide) groups is 1. The first-order valence-electron chi connectivity index (χ1n) is 5.64. The van der Waals surface area contributed by atoms with Crippen LogP contribution in [0.4, 0.5) is 0 Å². The molecule has 2 heterocycles. The maximum atomic E-state index is 6.22. The first-order chi connectivity index (χ1) is 8.70. The van der Waals surface area contributed by atoms with Gasteiger partial charge in [0.1, 0.15) is 0 Å². The molecule has 6 heteroatoms. The molecule has 0 aliphatic carbocycles. The molecule has 0 bridgehead atoms. The minimum atomic E-state index is 0.101. The van der Waals surface area contributed by atoms with Crippen LogP contribution in [0.3, 0.4) is 0 Å². The van der Waals surface area contributed by atoms with E-state index in [0.29, 0.717) is 0 Å². The van der Waals surface area contributed by atoms with Crippen molar-refractivity contribution in [3.8, 4) is 0 Å². The number of nitrogens with two attached hydrogens (primary N) is 1. The molecule has 3 nitrogen and oxygen atoms in total. The van der Waals surface area contributed by atoms with Gasteiger partial charge in [0, 0.05) is 33.2 Å². The van der Waals surface area contributed by atoms with Crippen LogP contribution in [0.2, 0.25) is 0 Å². The Morgan fingerprint density at radius 1 is 1.44 bits per heavy atom. The summed E-state index contributed by atoms with van der Waals surface area (Å²) in [7, 11) is 0. The smallest absolute Gasteiger partial charge is 0.188 e. The molecule has 2 atom stereocenters. The van der Waals surface area contributed by atoms with Crippen LogP contribution in [0.15, 0.2) is 39.5 Å². The average Bonchev–Trinajstić information content (AvgIpc) is 2.83. The third-order valence-corrected chi connectivity index (χ3v) is 5.71. The summed E-state index contributed by atoms with van der Waals surface area (Å²) < 4.78 is 1.10. The van der Waals surface area contributed by atoms with Crippen LogP contribution < -0.4 is 5.73 Å². The van der Waals surface area contributed by atoms with Crippen molar-refractivity contribution in [2.75, 3.05) is 0 Å². The van der Waals surface area contributed by atoms with Crippen LogP contribution in [0.5, 0.6) is 0 Å². The van der Waals surface area contributed by atoms with Crippen LogP contribution in [0, 0.1) is 0 Å². The van der Waals surface area contributed by atoms with E-state index in [-0.39, 0.29) is 11.3 Å². The van der Waals surface area contributed by atoms with Crippen LogP contribution in [0.1, 0.15) is 23.5 Å². The normalized spacial score (nSPS) is 14.4. The summed E-state index contributed by atoms with van der Waals surface area (Å²) in [6.07, 6.45) is 4.45. The molecule has 2 aromatic rings. The van der Waals surface area contributed by atoms with E-state index in [2.05, 4.69) is 44.3 Å². The van der Waals surface area contributed by atoms with Gasteiger partial charge in [0.2, 0.25) is 0 Å². The van der Waals surface area contributed by atoms with E-state index < -0.39 is 0 Å². The van der Waals surface area contributed by atoms with Crippen LogP contribution in [-0.2, 0) is 0 Å². The van der Waals surface area contributed by atoms with Gasteiger partial charge in [-0.05, 0) is 34.5 Å². The van der Waals surface area contributed by atoms with Gasteiger partial charge in [-0.3, -0.25) is 0 Å². The second-order valence-corrected chi connectivity index (χ2v) is 6.78. The van der Waals surface area contributed by atoms with E-state index in [1.54, 1.807) is 35.5 Å². The SMILES string of the molecule is CCC(N)C(Sc1ncccn1)c1cc(Br)cs1. The van der Waals surface area contributed by atoms with Gasteiger partial charge in [-0.2, -0.15) is 0 Å². The van der Waals surface area contributed by atoms with Crippen molar-refractivity contribution in [3.05, 3.63) is 39.3 Å². The Kier molecular flexibility index (Phi) is 5.17. The fourth-order valence-electron chi connectivity index (χ4n) is 1.51. The van der Waals surface area contributed by atoms with Crippen molar-refractivity contribution in [1.82, 2.24) is 9.97 Å². The summed E-state index contributed by atoms with van der Waals surface area (Å²) in [5, 5.41) is 3.06. The summed E-state index contributed by atoms with van der Waals surface area (Å²) in [4.78, 5) is 9.77. The average molecular weight is 344 g/mol. The number of rotatable bonds is 5. The number of nitrogens with zero attached hydrogens (tertiary/aromatic N) is 2. The summed E-state index contributed by atoms with van der Waals surface area (Å²) in [5.74, 6) is 0.